The smallest absolute Gasteiger partial charge is 0.269 e. The number of nitrogens with zero attached hydrogens (tertiary/aromatic N) is 2. The summed E-state index contributed by atoms with van der Waals surface area (Å²) in [4.78, 5) is 10.7. The van der Waals surface area contributed by atoms with E-state index in [1.165, 1.54) is 12.8 Å². The molecular weight excluding hydrogens is 180 g/mol. The van der Waals surface area contributed by atoms with Crippen molar-refractivity contribution in [3.63, 3.8) is 0 Å². The average Bonchev–Trinajstić information content (AvgIpc) is 2.99. The van der Waals surface area contributed by atoms with Crippen LogP contribution in [0.4, 0.5) is 5.82 Å². The molecule has 0 aromatic carbocycles. The van der Waals surface area contributed by atoms with Gasteiger partial charge in [-0.25, -0.2) is 0 Å². The van der Waals surface area contributed by atoms with Gasteiger partial charge in [-0.2, -0.15) is 0 Å². The first-order chi connectivity index (χ1) is 6.75. The monoisotopic (exact) mass is 192 g/mol. The van der Waals surface area contributed by atoms with Crippen LogP contribution in [0.2, 0.25) is 0 Å². The van der Waals surface area contributed by atoms with Gasteiger partial charge in [0.25, 0.3) is 5.91 Å². The molecule has 1 aromatic rings. The van der Waals surface area contributed by atoms with Crippen molar-refractivity contribution in [3.8, 4) is 0 Å². The maximum absolute atomic E-state index is 10.7. The molecule has 0 saturated heterocycles. The van der Waals surface area contributed by atoms with Gasteiger partial charge in [0.15, 0.2) is 5.69 Å². The summed E-state index contributed by atoms with van der Waals surface area (Å²) in [6.07, 6.45) is 2.58. The number of primary amides is 1. The molecule has 1 heterocycles. The van der Waals surface area contributed by atoms with Gasteiger partial charge in [0.1, 0.15) is 5.82 Å². The fourth-order valence-electron chi connectivity index (χ4n) is 1.13. The van der Waals surface area contributed by atoms with Crippen LogP contribution in [0, 0.1) is 5.92 Å². The van der Waals surface area contributed by atoms with Gasteiger partial charge < -0.3 is 11.1 Å². The summed E-state index contributed by atoms with van der Waals surface area (Å²) in [5.74, 6) is 0.931. The number of rotatable bonds is 4. The highest BCUT2D eigenvalue weighted by Gasteiger charge is 2.20. The second kappa shape index (κ2) is 3.61. The van der Waals surface area contributed by atoms with Crippen molar-refractivity contribution >= 4 is 11.7 Å². The van der Waals surface area contributed by atoms with E-state index in [4.69, 9.17) is 5.73 Å². The highest BCUT2D eigenvalue weighted by atomic mass is 16.1. The third-order valence-electron chi connectivity index (χ3n) is 2.19. The Morgan fingerprint density at radius 2 is 2.29 bits per heavy atom. The molecule has 0 atom stereocenters. The molecule has 1 aliphatic rings. The molecule has 5 heteroatoms. The lowest BCUT2D eigenvalue weighted by molar-refractivity contribution is 0.0994. The fourth-order valence-corrected chi connectivity index (χ4v) is 1.13. The van der Waals surface area contributed by atoms with Gasteiger partial charge in [-0.15, -0.1) is 10.2 Å². The predicted octanol–water partition coefficient (Wildman–Crippen LogP) is 0.397. The summed E-state index contributed by atoms with van der Waals surface area (Å²) < 4.78 is 0. The molecule has 1 aromatic heterocycles. The van der Waals surface area contributed by atoms with Crippen LogP contribution in [0.1, 0.15) is 23.3 Å². The molecule has 1 aliphatic carbocycles. The van der Waals surface area contributed by atoms with Crippen molar-refractivity contribution in [1.29, 1.82) is 0 Å². The van der Waals surface area contributed by atoms with Gasteiger partial charge in [0, 0.05) is 6.54 Å². The maximum Gasteiger partial charge on any atom is 0.269 e. The Hall–Kier alpha value is -1.65. The second-order valence-electron chi connectivity index (χ2n) is 3.49. The van der Waals surface area contributed by atoms with Crippen LogP contribution in [0.15, 0.2) is 12.1 Å². The number of hydrogen-bond acceptors (Lipinski definition) is 4. The molecule has 0 bridgehead atoms. The molecule has 74 valence electrons. The van der Waals surface area contributed by atoms with Crippen LogP contribution < -0.4 is 11.1 Å². The molecule has 5 nitrogen and oxygen atoms in total. The summed E-state index contributed by atoms with van der Waals surface area (Å²) in [6.45, 7) is 0.935. The lowest BCUT2D eigenvalue weighted by atomic mass is 10.3. The molecule has 1 fully saturated rings. The average molecular weight is 192 g/mol. The molecule has 0 unspecified atom stereocenters. The van der Waals surface area contributed by atoms with E-state index in [0.29, 0.717) is 5.82 Å². The Morgan fingerprint density at radius 3 is 2.79 bits per heavy atom. The van der Waals surface area contributed by atoms with Crippen molar-refractivity contribution in [2.24, 2.45) is 11.7 Å². The van der Waals surface area contributed by atoms with Crippen LogP contribution in [0.25, 0.3) is 0 Å². The van der Waals surface area contributed by atoms with Gasteiger partial charge in [0.05, 0.1) is 0 Å². The van der Waals surface area contributed by atoms with Crippen LogP contribution in [0.5, 0.6) is 0 Å². The number of carbonyl (C=O) groups excluding carboxylic acids is 1. The summed E-state index contributed by atoms with van der Waals surface area (Å²) in [5, 5.41) is 10.7. The SMILES string of the molecule is NC(=O)c1ccc(NCC2CC2)nn1. The molecule has 1 amide bonds. The number of amides is 1. The van der Waals surface area contributed by atoms with Crippen molar-refractivity contribution in [3.05, 3.63) is 17.8 Å². The van der Waals surface area contributed by atoms with Gasteiger partial charge in [-0.3, -0.25) is 4.79 Å². The Bertz CT molecular complexity index is 331. The van der Waals surface area contributed by atoms with Gasteiger partial charge in [-0.05, 0) is 30.9 Å². The molecule has 3 N–H and O–H groups in total. The normalized spacial score (nSPS) is 15.1. The van der Waals surface area contributed by atoms with E-state index in [1.807, 2.05) is 0 Å². The Labute approximate surface area is 81.7 Å². The van der Waals surface area contributed by atoms with E-state index in [1.54, 1.807) is 12.1 Å². The molecular formula is C9H12N4O. The predicted molar refractivity (Wildman–Crippen MR) is 51.8 cm³/mol. The minimum Gasteiger partial charge on any atom is -0.368 e. The van der Waals surface area contributed by atoms with E-state index >= 15 is 0 Å². The zero-order valence-corrected chi connectivity index (χ0v) is 7.73. The third kappa shape index (κ3) is 2.18. The Morgan fingerprint density at radius 1 is 1.50 bits per heavy atom. The standard InChI is InChI=1S/C9H12N4O/c10-9(14)7-3-4-8(13-12-7)11-5-6-1-2-6/h3-4,6H,1-2,5H2,(H2,10,14)(H,11,13). The van der Waals surface area contributed by atoms with Gasteiger partial charge >= 0.3 is 0 Å². The quantitative estimate of drug-likeness (QED) is 0.723. The second-order valence-corrected chi connectivity index (χ2v) is 3.49. The first-order valence-electron chi connectivity index (χ1n) is 4.63. The first-order valence-corrected chi connectivity index (χ1v) is 4.63. The third-order valence-corrected chi connectivity index (χ3v) is 2.19. The Balaban J connectivity index is 1.94. The van der Waals surface area contributed by atoms with Crippen LogP contribution in [0.3, 0.4) is 0 Å². The van der Waals surface area contributed by atoms with Crippen molar-refractivity contribution in [2.45, 2.75) is 12.8 Å². The van der Waals surface area contributed by atoms with Crippen LogP contribution in [-0.2, 0) is 0 Å². The van der Waals surface area contributed by atoms with Gasteiger partial charge in [-0.1, -0.05) is 0 Å². The number of nitrogens with two attached hydrogens (primary N) is 1. The van der Waals surface area contributed by atoms with E-state index < -0.39 is 5.91 Å². The highest BCUT2D eigenvalue weighted by molar-refractivity contribution is 5.90. The van der Waals surface area contributed by atoms with Crippen LogP contribution >= 0.6 is 0 Å². The summed E-state index contributed by atoms with van der Waals surface area (Å²) in [6, 6.07) is 3.29. The number of anilines is 1. The highest BCUT2D eigenvalue weighted by Crippen LogP contribution is 2.28. The molecule has 0 radical (unpaired) electrons. The summed E-state index contributed by atoms with van der Waals surface area (Å²) in [5.41, 5.74) is 5.23. The number of hydrogen-bond donors (Lipinski definition) is 2. The zero-order chi connectivity index (χ0) is 9.97. The Kier molecular flexibility index (Phi) is 2.30. The number of nitrogens with one attached hydrogen (secondary N) is 1. The van der Waals surface area contributed by atoms with Crippen molar-refractivity contribution < 1.29 is 4.79 Å². The topological polar surface area (TPSA) is 80.9 Å². The molecule has 0 spiro atoms. The fraction of sp³-hybridized carbons (Fsp3) is 0.444. The van der Waals surface area contributed by atoms with Gasteiger partial charge in [0.2, 0.25) is 0 Å². The number of carbonyl (C=O) groups is 1. The molecule has 14 heavy (non-hydrogen) atoms. The van der Waals surface area contributed by atoms with E-state index in [0.717, 1.165) is 12.5 Å². The van der Waals surface area contributed by atoms with Crippen molar-refractivity contribution in [2.75, 3.05) is 11.9 Å². The zero-order valence-electron chi connectivity index (χ0n) is 7.73. The van der Waals surface area contributed by atoms with Crippen molar-refractivity contribution in [1.82, 2.24) is 10.2 Å². The lowest BCUT2D eigenvalue weighted by Crippen LogP contribution is -2.14. The summed E-state index contributed by atoms with van der Waals surface area (Å²) >= 11 is 0. The van der Waals surface area contributed by atoms with E-state index in [9.17, 15) is 4.79 Å². The largest absolute Gasteiger partial charge is 0.368 e. The lowest BCUT2D eigenvalue weighted by Gasteiger charge is -2.02. The van der Waals surface area contributed by atoms with Crippen LogP contribution in [-0.4, -0.2) is 22.6 Å². The molecule has 0 aliphatic heterocycles. The molecule has 2 rings (SSSR count). The summed E-state index contributed by atoms with van der Waals surface area (Å²) in [7, 11) is 0. The maximum atomic E-state index is 10.7. The number of aromatic nitrogens is 2. The first kappa shape index (κ1) is 8.93. The molecule has 1 saturated carbocycles. The van der Waals surface area contributed by atoms with E-state index in [2.05, 4.69) is 15.5 Å². The minimum atomic E-state index is -0.550. The minimum absolute atomic E-state index is 0.196. The van der Waals surface area contributed by atoms with E-state index in [-0.39, 0.29) is 5.69 Å².